The first-order valence-corrected chi connectivity index (χ1v) is 9.43. The Balaban J connectivity index is 1.63. The first-order valence-electron chi connectivity index (χ1n) is 9.43. The van der Waals surface area contributed by atoms with Gasteiger partial charge in [-0.15, -0.1) is 6.42 Å². The summed E-state index contributed by atoms with van der Waals surface area (Å²) >= 11 is 0. The normalized spacial score (nSPS) is 28.0. The minimum atomic E-state index is -1.44. The molecular weight excluding hydrogens is 366 g/mol. The number of nitrogens with zero attached hydrogens (tertiary/aromatic N) is 2. The van der Waals surface area contributed by atoms with Crippen LogP contribution < -0.4 is 11.4 Å². The van der Waals surface area contributed by atoms with Crippen molar-refractivity contribution in [1.82, 2.24) is 9.55 Å². The molecule has 2 aliphatic rings. The summed E-state index contributed by atoms with van der Waals surface area (Å²) in [4.78, 5) is 27.8. The summed E-state index contributed by atoms with van der Waals surface area (Å²) in [5.41, 5.74) is 4.94. The predicted molar refractivity (Wildman–Crippen MR) is 98.9 cm³/mol. The van der Waals surface area contributed by atoms with E-state index in [2.05, 4.69) is 10.9 Å². The van der Waals surface area contributed by atoms with Crippen LogP contribution in [0.2, 0.25) is 0 Å². The zero-order valence-electron chi connectivity index (χ0n) is 15.5. The minimum absolute atomic E-state index is 0.111. The van der Waals surface area contributed by atoms with E-state index in [1.807, 2.05) is 0 Å². The highest BCUT2D eigenvalue weighted by atomic mass is 16.6. The van der Waals surface area contributed by atoms with Crippen LogP contribution in [0.1, 0.15) is 50.3 Å². The Kier molecular flexibility index (Phi) is 6.34. The molecule has 1 saturated carbocycles. The zero-order chi connectivity index (χ0) is 20.3. The van der Waals surface area contributed by atoms with Gasteiger partial charge in [0.05, 0.1) is 24.7 Å². The van der Waals surface area contributed by atoms with Gasteiger partial charge < -0.3 is 25.4 Å². The molecule has 4 N–H and O–H groups in total. The molecule has 9 heteroatoms. The van der Waals surface area contributed by atoms with Crippen molar-refractivity contribution < 1.29 is 24.5 Å². The summed E-state index contributed by atoms with van der Waals surface area (Å²) in [6.07, 6.45) is 6.84. The summed E-state index contributed by atoms with van der Waals surface area (Å²) in [6.45, 7) is 0.348. The van der Waals surface area contributed by atoms with E-state index in [9.17, 15) is 19.8 Å². The first kappa shape index (κ1) is 20.3. The van der Waals surface area contributed by atoms with Crippen LogP contribution in [0.15, 0.2) is 11.0 Å². The summed E-state index contributed by atoms with van der Waals surface area (Å²) < 4.78 is 11.8. The fourth-order valence-electron chi connectivity index (χ4n) is 3.69. The molecule has 9 nitrogen and oxygen atoms in total. The molecule has 2 fully saturated rings. The second-order valence-corrected chi connectivity index (χ2v) is 7.31. The number of aliphatic hydroxyl groups is 2. The fraction of sp³-hybridized carbons (Fsp3) is 0.632. The Morgan fingerprint density at radius 2 is 2.07 bits per heavy atom. The Hall–Kier alpha value is -2.41. The molecule has 152 valence electrons. The van der Waals surface area contributed by atoms with Gasteiger partial charge in [0.25, 0.3) is 0 Å². The van der Waals surface area contributed by atoms with Crippen molar-refractivity contribution in [2.24, 2.45) is 5.92 Å². The number of hydrogen-bond donors (Lipinski definition) is 3. The van der Waals surface area contributed by atoms with Gasteiger partial charge in [0.1, 0.15) is 18.0 Å². The molecule has 3 rings (SSSR count). The second-order valence-electron chi connectivity index (χ2n) is 7.31. The molecule has 1 aromatic rings. The average molecular weight is 391 g/mol. The molecule has 0 spiro atoms. The van der Waals surface area contributed by atoms with E-state index in [4.69, 9.17) is 21.6 Å². The molecule has 0 radical (unpaired) electrons. The lowest BCUT2D eigenvalue weighted by Crippen LogP contribution is -2.36. The molecule has 0 bridgehead atoms. The van der Waals surface area contributed by atoms with Gasteiger partial charge in [-0.1, -0.05) is 25.2 Å². The van der Waals surface area contributed by atoms with Gasteiger partial charge in [0, 0.05) is 6.20 Å². The Morgan fingerprint density at radius 3 is 2.75 bits per heavy atom. The number of aromatic nitrogens is 2. The third kappa shape index (κ3) is 4.35. The maximum absolute atomic E-state index is 12.1. The van der Waals surface area contributed by atoms with Crippen molar-refractivity contribution in [2.75, 3.05) is 12.3 Å². The van der Waals surface area contributed by atoms with Gasteiger partial charge >= 0.3 is 11.7 Å². The Bertz CT molecular complexity index is 811. The van der Waals surface area contributed by atoms with Gasteiger partial charge in [0.2, 0.25) is 0 Å². The van der Waals surface area contributed by atoms with Gasteiger partial charge in [0.15, 0.2) is 6.23 Å². The van der Waals surface area contributed by atoms with Crippen LogP contribution in [0.4, 0.5) is 5.82 Å². The molecule has 28 heavy (non-hydrogen) atoms. The number of aliphatic hydroxyl groups excluding tert-OH is 2. The predicted octanol–water partition coefficient (Wildman–Crippen LogP) is -0.0604. The summed E-state index contributed by atoms with van der Waals surface area (Å²) in [7, 11) is 0. The average Bonchev–Trinajstić information content (AvgIpc) is 2.96. The van der Waals surface area contributed by atoms with E-state index in [0.29, 0.717) is 12.5 Å². The van der Waals surface area contributed by atoms with Crippen molar-refractivity contribution in [3.05, 3.63) is 22.2 Å². The number of nitrogen functional groups attached to an aromatic ring is 1. The smallest absolute Gasteiger partial charge is 0.351 e. The van der Waals surface area contributed by atoms with Crippen LogP contribution in [0.3, 0.4) is 0 Å². The molecule has 1 saturated heterocycles. The van der Waals surface area contributed by atoms with Crippen molar-refractivity contribution in [3.63, 3.8) is 0 Å². The monoisotopic (exact) mass is 391 g/mol. The fourth-order valence-corrected chi connectivity index (χ4v) is 3.69. The first-order chi connectivity index (χ1) is 13.4. The van der Waals surface area contributed by atoms with Crippen LogP contribution in [0.25, 0.3) is 0 Å². The minimum Gasteiger partial charge on any atom is -0.465 e. The number of rotatable bonds is 5. The topological polar surface area (TPSA) is 137 Å². The van der Waals surface area contributed by atoms with Crippen LogP contribution >= 0.6 is 0 Å². The Labute approximate surface area is 162 Å². The third-order valence-corrected chi connectivity index (χ3v) is 5.32. The molecule has 0 unspecified atom stereocenters. The largest absolute Gasteiger partial charge is 0.465 e. The number of terminal acetylenes is 1. The second kappa shape index (κ2) is 8.73. The van der Waals surface area contributed by atoms with E-state index < -0.39 is 36.2 Å². The molecule has 0 amide bonds. The van der Waals surface area contributed by atoms with E-state index in [1.165, 1.54) is 12.6 Å². The van der Waals surface area contributed by atoms with E-state index >= 15 is 0 Å². The molecule has 1 aliphatic heterocycles. The van der Waals surface area contributed by atoms with Crippen LogP contribution in [0, 0.1) is 18.3 Å². The molecule has 4 atom stereocenters. The number of ether oxygens (including phenoxy) is 2. The summed E-state index contributed by atoms with van der Waals surface area (Å²) in [6, 6.07) is 0. The number of nitrogens with two attached hydrogens (primary N) is 1. The number of hydrogen-bond acceptors (Lipinski definition) is 8. The number of esters is 1. The summed E-state index contributed by atoms with van der Waals surface area (Å²) in [5, 5.41) is 20.5. The molecule has 0 aromatic carbocycles. The highest BCUT2D eigenvalue weighted by molar-refractivity contribution is 5.70. The zero-order valence-corrected chi connectivity index (χ0v) is 15.5. The van der Waals surface area contributed by atoms with E-state index in [1.54, 1.807) is 0 Å². The van der Waals surface area contributed by atoms with Crippen molar-refractivity contribution in [2.45, 2.75) is 63.1 Å². The van der Waals surface area contributed by atoms with Crippen molar-refractivity contribution in [3.8, 4) is 12.3 Å². The van der Waals surface area contributed by atoms with Crippen molar-refractivity contribution >= 4 is 11.8 Å². The van der Waals surface area contributed by atoms with E-state index in [-0.39, 0.29) is 17.8 Å². The highest BCUT2D eigenvalue weighted by Gasteiger charge is 2.45. The molecule has 1 aliphatic carbocycles. The van der Waals surface area contributed by atoms with Crippen LogP contribution in [0.5, 0.6) is 0 Å². The third-order valence-electron chi connectivity index (χ3n) is 5.32. The Morgan fingerprint density at radius 1 is 1.36 bits per heavy atom. The van der Waals surface area contributed by atoms with Crippen LogP contribution in [-0.4, -0.2) is 50.7 Å². The maximum atomic E-state index is 12.1. The van der Waals surface area contributed by atoms with Gasteiger partial charge in [-0.05, 0) is 18.8 Å². The number of anilines is 1. The molecular formula is C19H25N3O6. The van der Waals surface area contributed by atoms with E-state index in [0.717, 1.165) is 30.3 Å². The lowest BCUT2D eigenvalue weighted by Gasteiger charge is -2.21. The van der Waals surface area contributed by atoms with Crippen LogP contribution in [-0.2, 0) is 14.3 Å². The lowest BCUT2D eigenvalue weighted by molar-refractivity contribution is -0.150. The summed E-state index contributed by atoms with van der Waals surface area (Å²) in [5.74, 6) is 2.02. The van der Waals surface area contributed by atoms with Gasteiger partial charge in [-0.25, -0.2) is 4.79 Å². The SMILES string of the molecule is C#Cc1cn([C@@H]2O[C@H](CC(=O)OCC3CCCCC3)[C@@H](O)[C@H]2O)c(=O)nc1N. The highest BCUT2D eigenvalue weighted by Crippen LogP contribution is 2.31. The number of carbonyl (C=O) groups is 1. The van der Waals surface area contributed by atoms with Crippen molar-refractivity contribution in [1.29, 1.82) is 0 Å². The number of carbonyl (C=O) groups excluding carboxylic acids is 1. The quantitative estimate of drug-likeness (QED) is 0.469. The van der Waals surface area contributed by atoms with Gasteiger partial charge in [-0.2, -0.15) is 4.98 Å². The maximum Gasteiger partial charge on any atom is 0.351 e. The molecule has 2 heterocycles. The lowest BCUT2D eigenvalue weighted by atomic mass is 9.90. The standard InChI is InChI=1S/C19H25N3O6/c1-2-12-9-22(19(26)21-17(12)20)18-16(25)15(24)13(28-18)8-14(23)27-10-11-6-4-3-5-7-11/h1,9,11,13,15-16,18,24-25H,3-8,10H2,(H2,20,21,26)/t13-,15-,16-,18-/m1/s1. The molecule has 1 aromatic heterocycles. The van der Waals surface area contributed by atoms with Gasteiger partial charge in [-0.3, -0.25) is 9.36 Å².